The smallest absolute Gasteiger partial charge is 0.335 e. The maximum Gasteiger partial charge on any atom is 0.335 e. The van der Waals surface area contributed by atoms with E-state index in [0.29, 0.717) is 11.5 Å². The molecule has 2 aromatic rings. The summed E-state index contributed by atoms with van der Waals surface area (Å²) in [6.07, 6.45) is 1.94. The largest absolute Gasteiger partial charge is 0.478 e. The molecule has 0 aliphatic rings. The van der Waals surface area contributed by atoms with Gasteiger partial charge in [-0.3, -0.25) is 0 Å². The first kappa shape index (κ1) is 15.0. The van der Waals surface area contributed by atoms with Gasteiger partial charge in [0.2, 0.25) is 0 Å². The zero-order chi connectivity index (χ0) is 15.2. The molecule has 1 aromatic carbocycles. The van der Waals surface area contributed by atoms with Crippen molar-refractivity contribution in [3.05, 3.63) is 59.3 Å². The Hall–Kier alpha value is -2.36. The van der Waals surface area contributed by atoms with Crippen molar-refractivity contribution in [1.82, 2.24) is 4.98 Å². The molecule has 0 aliphatic carbocycles. The normalized spacial score (nSPS) is 11.9. The third-order valence-corrected chi connectivity index (χ3v) is 3.30. The van der Waals surface area contributed by atoms with Gasteiger partial charge in [0.25, 0.3) is 0 Å². The molecule has 0 bridgehead atoms. The molecule has 0 saturated heterocycles. The standard InChI is InChI=1S/C17H20N2O2/c1-12(8-9-14-6-4-3-5-7-14)18-16-11-15(17(20)21)10-13(2)19-16/h3-7,10-12H,8-9H2,1-2H3,(H,18,19)(H,20,21). The van der Waals surface area contributed by atoms with E-state index in [1.54, 1.807) is 19.1 Å². The molecule has 21 heavy (non-hydrogen) atoms. The monoisotopic (exact) mass is 284 g/mol. The van der Waals surface area contributed by atoms with E-state index in [1.165, 1.54) is 5.56 Å². The molecule has 2 N–H and O–H groups in total. The zero-order valence-corrected chi connectivity index (χ0v) is 12.3. The second-order valence-corrected chi connectivity index (χ2v) is 5.26. The maximum absolute atomic E-state index is 11.0. The number of aryl methyl sites for hydroxylation is 2. The van der Waals surface area contributed by atoms with Gasteiger partial charge in [0.15, 0.2) is 0 Å². The molecular formula is C17H20N2O2. The van der Waals surface area contributed by atoms with Gasteiger partial charge >= 0.3 is 5.97 Å². The molecule has 1 atom stereocenters. The molecular weight excluding hydrogens is 264 g/mol. The molecule has 0 aliphatic heterocycles. The lowest BCUT2D eigenvalue weighted by molar-refractivity contribution is 0.0696. The fraction of sp³-hybridized carbons (Fsp3) is 0.294. The third kappa shape index (κ3) is 4.60. The summed E-state index contributed by atoms with van der Waals surface area (Å²) < 4.78 is 0. The quantitative estimate of drug-likeness (QED) is 0.852. The van der Waals surface area contributed by atoms with Crippen LogP contribution in [-0.2, 0) is 6.42 Å². The van der Waals surface area contributed by atoms with Crippen molar-refractivity contribution >= 4 is 11.8 Å². The van der Waals surface area contributed by atoms with Crippen LogP contribution in [0, 0.1) is 6.92 Å². The van der Waals surface area contributed by atoms with E-state index in [0.717, 1.165) is 12.8 Å². The predicted octanol–water partition coefficient (Wildman–Crippen LogP) is 3.52. The van der Waals surface area contributed by atoms with Crippen LogP contribution in [0.5, 0.6) is 0 Å². The van der Waals surface area contributed by atoms with Crippen LogP contribution in [0.2, 0.25) is 0 Å². The summed E-state index contributed by atoms with van der Waals surface area (Å²) in [6.45, 7) is 3.87. The summed E-state index contributed by atoms with van der Waals surface area (Å²) in [6, 6.07) is 13.7. The Morgan fingerprint density at radius 3 is 2.67 bits per heavy atom. The second kappa shape index (κ2) is 6.88. The van der Waals surface area contributed by atoms with Gasteiger partial charge in [-0.2, -0.15) is 0 Å². The summed E-state index contributed by atoms with van der Waals surface area (Å²) in [5.74, 6) is -0.312. The average molecular weight is 284 g/mol. The SMILES string of the molecule is Cc1cc(C(=O)O)cc(NC(C)CCc2ccccc2)n1. The Bertz CT molecular complexity index is 611. The van der Waals surface area contributed by atoms with Crippen LogP contribution in [-0.4, -0.2) is 22.1 Å². The highest BCUT2D eigenvalue weighted by molar-refractivity contribution is 5.88. The number of hydrogen-bond donors (Lipinski definition) is 2. The van der Waals surface area contributed by atoms with E-state index in [4.69, 9.17) is 5.11 Å². The minimum absolute atomic E-state index is 0.223. The Kier molecular flexibility index (Phi) is 4.93. The molecule has 1 unspecified atom stereocenters. The summed E-state index contributed by atoms with van der Waals surface area (Å²) in [7, 11) is 0. The number of nitrogens with one attached hydrogen (secondary N) is 1. The maximum atomic E-state index is 11.0. The molecule has 1 aromatic heterocycles. The number of aromatic nitrogens is 1. The van der Waals surface area contributed by atoms with E-state index in [2.05, 4.69) is 29.4 Å². The number of anilines is 1. The van der Waals surface area contributed by atoms with Gasteiger partial charge in [-0.15, -0.1) is 0 Å². The summed E-state index contributed by atoms with van der Waals surface area (Å²) in [5, 5.41) is 12.3. The van der Waals surface area contributed by atoms with E-state index >= 15 is 0 Å². The van der Waals surface area contributed by atoms with E-state index in [1.807, 2.05) is 18.2 Å². The van der Waals surface area contributed by atoms with Gasteiger partial charge < -0.3 is 10.4 Å². The van der Waals surface area contributed by atoms with Crippen LogP contribution in [0.15, 0.2) is 42.5 Å². The zero-order valence-electron chi connectivity index (χ0n) is 12.3. The lowest BCUT2D eigenvalue weighted by Gasteiger charge is -2.15. The number of rotatable bonds is 6. The lowest BCUT2D eigenvalue weighted by Crippen LogP contribution is -2.17. The molecule has 0 spiro atoms. The van der Waals surface area contributed by atoms with Crippen LogP contribution >= 0.6 is 0 Å². The summed E-state index contributed by atoms with van der Waals surface area (Å²) in [5.41, 5.74) is 2.27. The van der Waals surface area contributed by atoms with E-state index in [9.17, 15) is 4.79 Å². The molecule has 2 rings (SSSR count). The van der Waals surface area contributed by atoms with Crippen molar-refractivity contribution < 1.29 is 9.90 Å². The summed E-state index contributed by atoms with van der Waals surface area (Å²) in [4.78, 5) is 15.4. The van der Waals surface area contributed by atoms with Crippen molar-refractivity contribution in [2.75, 3.05) is 5.32 Å². The number of pyridine rings is 1. The van der Waals surface area contributed by atoms with Crippen LogP contribution < -0.4 is 5.32 Å². The number of benzene rings is 1. The minimum atomic E-state index is -0.930. The minimum Gasteiger partial charge on any atom is -0.478 e. The van der Waals surface area contributed by atoms with Crippen molar-refractivity contribution in [3.63, 3.8) is 0 Å². The molecule has 0 radical (unpaired) electrons. The first-order chi connectivity index (χ1) is 10.0. The topological polar surface area (TPSA) is 62.2 Å². The fourth-order valence-electron chi connectivity index (χ4n) is 2.22. The highest BCUT2D eigenvalue weighted by atomic mass is 16.4. The molecule has 4 nitrogen and oxygen atoms in total. The Balaban J connectivity index is 1.96. The number of aromatic carboxylic acids is 1. The van der Waals surface area contributed by atoms with Crippen LogP contribution in [0.25, 0.3) is 0 Å². The molecule has 0 saturated carbocycles. The Morgan fingerprint density at radius 2 is 2.00 bits per heavy atom. The number of carboxylic acid groups (broad SMARTS) is 1. The number of nitrogens with zero attached hydrogens (tertiary/aromatic N) is 1. The van der Waals surface area contributed by atoms with Gasteiger partial charge in [-0.1, -0.05) is 30.3 Å². The van der Waals surface area contributed by atoms with Crippen LogP contribution in [0.4, 0.5) is 5.82 Å². The highest BCUT2D eigenvalue weighted by Crippen LogP contribution is 2.13. The van der Waals surface area contributed by atoms with Crippen LogP contribution in [0.1, 0.15) is 35.0 Å². The molecule has 0 amide bonds. The van der Waals surface area contributed by atoms with E-state index in [-0.39, 0.29) is 11.6 Å². The predicted molar refractivity (Wildman–Crippen MR) is 83.8 cm³/mol. The van der Waals surface area contributed by atoms with Gasteiger partial charge in [0.1, 0.15) is 5.82 Å². The van der Waals surface area contributed by atoms with Crippen molar-refractivity contribution in [1.29, 1.82) is 0 Å². The molecule has 4 heteroatoms. The van der Waals surface area contributed by atoms with Gasteiger partial charge in [-0.05, 0) is 44.4 Å². The number of hydrogen-bond acceptors (Lipinski definition) is 3. The molecule has 110 valence electrons. The second-order valence-electron chi connectivity index (χ2n) is 5.26. The third-order valence-electron chi connectivity index (χ3n) is 3.30. The van der Waals surface area contributed by atoms with Crippen molar-refractivity contribution in [2.24, 2.45) is 0 Å². The molecule has 0 fully saturated rings. The van der Waals surface area contributed by atoms with Gasteiger partial charge in [-0.25, -0.2) is 9.78 Å². The number of carboxylic acids is 1. The number of carbonyl (C=O) groups is 1. The first-order valence-corrected chi connectivity index (χ1v) is 7.07. The van der Waals surface area contributed by atoms with Gasteiger partial charge in [0.05, 0.1) is 5.56 Å². The van der Waals surface area contributed by atoms with Crippen molar-refractivity contribution in [2.45, 2.75) is 32.7 Å². The van der Waals surface area contributed by atoms with Crippen LogP contribution in [0.3, 0.4) is 0 Å². The van der Waals surface area contributed by atoms with E-state index < -0.39 is 5.97 Å². The fourth-order valence-corrected chi connectivity index (χ4v) is 2.22. The lowest BCUT2D eigenvalue weighted by atomic mass is 10.1. The average Bonchev–Trinajstić information content (AvgIpc) is 2.45. The summed E-state index contributed by atoms with van der Waals surface area (Å²) >= 11 is 0. The van der Waals surface area contributed by atoms with Gasteiger partial charge in [0, 0.05) is 11.7 Å². The Labute approximate surface area is 124 Å². The van der Waals surface area contributed by atoms with Crippen molar-refractivity contribution in [3.8, 4) is 0 Å². The molecule has 1 heterocycles. The Morgan fingerprint density at radius 1 is 1.29 bits per heavy atom. The highest BCUT2D eigenvalue weighted by Gasteiger charge is 2.09. The first-order valence-electron chi connectivity index (χ1n) is 7.07.